The van der Waals surface area contributed by atoms with Crippen LogP contribution < -0.4 is 4.72 Å². The number of carbonyl (C=O) groups excluding carboxylic acids is 2. The minimum Gasteiger partial charge on any atom is -0.465 e. The van der Waals surface area contributed by atoms with Crippen LogP contribution in [0.4, 0.5) is 0 Å². The van der Waals surface area contributed by atoms with Gasteiger partial charge in [-0.25, -0.2) is 4.79 Å². The fourth-order valence-electron chi connectivity index (χ4n) is 1.03. The molecular formula is C9H9NO3S. The van der Waals surface area contributed by atoms with Gasteiger partial charge in [-0.3, -0.25) is 9.52 Å². The Balaban J connectivity index is 3.15. The molecule has 1 aromatic carbocycles. The predicted molar refractivity (Wildman–Crippen MR) is 54.2 cm³/mol. The van der Waals surface area contributed by atoms with E-state index in [1.807, 2.05) is 0 Å². The maximum absolute atomic E-state index is 11.3. The lowest BCUT2D eigenvalue weighted by Gasteiger charge is -2.04. The van der Waals surface area contributed by atoms with Crippen molar-refractivity contribution in [2.24, 2.45) is 0 Å². The fraction of sp³-hybridized carbons (Fsp3) is 0.111. The fourth-order valence-corrected chi connectivity index (χ4v) is 1.15. The molecule has 5 heteroatoms. The highest BCUT2D eigenvalue weighted by Crippen LogP contribution is 2.09. The summed E-state index contributed by atoms with van der Waals surface area (Å²) in [6, 6.07) is 6.36. The summed E-state index contributed by atoms with van der Waals surface area (Å²) in [6.45, 7) is 0. The Bertz CT molecular complexity index is 330. The van der Waals surface area contributed by atoms with Crippen LogP contribution >= 0.6 is 12.8 Å². The third-order valence-corrected chi connectivity index (χ3v) is 1.88. The number of esters is 1. The van der Waals surface area contributed by atoms with Crippen LogP contribution in [0.5, 0.6) is 0 Å². The van der Waals surface area contributed by atoms with Gasteiger partial charge in [-0.05, 0) is 12.1 Å². The van der Waals surface area contributed by atoms with Gasteiger partial charge < -0.3 is 4.74 Å². The molecule has 0 bridgehead atoms. The minimum absolute atomic E-state index is 0.224. The smallest absolute Gasteiger partial charge is 0.338 e. The molecule has 0 saturated carbocycles. The van der Waals surface area contributed by atoms with Crippen molar-refractivity contribution < 1.29 is 14.3 Å². The Morgan fingerprint density at radius 3 is 2.36 bits per heavy atom. The van der Waals surface area contributed by atoms with E-state index in [0.717, 1.165) is 0 Å². The number of amides is 1. The van der Waals surface area contributed by atoms with Crippen molar-refractivity contribution >= 4 is 24.7 Å². The molecule has 0 aliphatic rings. The first kappa shape index (κ1) is 10.6. The lowest BCUT2D eigenvalue weighted by molar-refractivity contribution is 0.0597. The predicted octanol–water partition coefficient (Wildman–Crippen LogP) is 1.05. The summed E-state index contributed by atoms with van der Waals surface area (Å²) in [5.41, 5.74) is 0.468. The zero-order valence-electron chi connectivity index (χ0n) is 7.48. The Morgan fingerprint density at radius 1 is 1.29 bits per heavy atom. The number of methoxy groups -OCH3 is 1. The molecule has 0 saturated heterocycles. The second kappa shape index (κ2) is 4.66. The number of rotatable bonds is 2. The van der Waals surface area contributed by atoms with E-state index in [9.17, 15) is 9.59 Å². The molecule has 1 amide bonds. The molecule has 0 aliphatic heterocycles. The zero-order valence-corrected chi connectivity index (χ0v) is 8.38. The molecule has 74 valence electrons. The minimum atomic E-state index is -0.544. The zero-order chi connectivity index (χ0) is 10.6. The monoisotopic (exact) mass is 211 g/mol. The van der Waals surface area contributed by atoms with Crippen LogP contribution in [0.15, 0.2) is 24.3 Å². The molecule has 0 aliphatic carbocycles. The van der Waals surface area contributed by atoms with Crippen LogP contribution in [0.25, 0.3) is 0 Å². The van der Waals surface area contributed by atoms with Crippen molar-refractivity contribution in [3.63, 3.8) is 0 Å². The van der Waals surface area contributed by atoms with Gasteiger partial charge in [0.1, 0.15) is 0 Å². The third kappa shape index (κ3) is 2.05. The van der Waals surface area contributed by atoms with Crippen LogP contribution in [0.3, 0.4) is 0 Å². The van der Waals surface area contributed by atoms with Gasteiger partial charge in [-0.15, -0.1) is 0 Å². The number of hydrogen-bond acceptors (Lipinski definition) is 4. The maximum Gasteiger partial charge on any atom is 0.338 e. The standard InChI is InChI=1S/C9H9NO3S/c1-13-9(12)7-5-3-2-4-6(7)8(11)10-14/h2-5,14H,1H3,(H,10,11). The number of benzene rings is 1. The van der Waals surface area contributed by atoms with Crippen molar-refractivity contribution in [2.45, 2.75) is 0 Å². The maximum atomic E-state index is 11.3. The Hall–Kier alpha value is -1.49. The number of carbonyl (C=O) groups is 2. The highest BCUT2D eigenvalue weighted by molar-refractivity contribution is 7.78. The van der Waals surface area contributed by atoms with Gasteiger partial charge in [0.15, 0.2) is 0 Å². The highest BCUT2D eigenvalue weighted by Gasteiger charge is 2.15. The van der Waals surface area contributed by atoms with Crippen LogP contribution in [-0.2, 0) is 4.74 Å². The first-order valence-electron chi connectivity index (χ1n) is 3.82. The molecule has 0 fully saturated rings. The molecule has 1 N–H and O–H groups in total. The molecule has 0 radical (unpaired) electrons. The van der Waals surface area contributed by atoms with Crippen molar-refractivity contribution in [3.05, 3.63) is 35.4 Å². The summed E-state index contributed by atoms with van der Waals surface area (Å²) < 4.78 is 6.68. The Kier molecular flexibility index (Phi) is 3.53. The van der Waals surface area contributed by atoms with E-state index in [4.69, 9.17) is 0 Å². The first-order valence-corrected chi connectivity index (χ1v) is 4.27. The van der Waals surface area contributed by atoms with E-state index in [0.29, 0.717) is 0 Å². The van der Waals surface area contributed by atoms with Gasteiger partial charge in [-0.2, -0.15) is 0 Å². The van der Waals surface area contributed by atoms with Gasteiger partial charge in [0.05, 0.1) is 18.2 Å². The first-order chi connectivity index (χ1) is 6.70. The molecular weight excluding hydrogens is 202 g/mol. The van der Waals surface area contributed by atoms with E-state index in [-0.39, 0.29) is 11.1 Å². The topological polar surface area (TPSA) is 55.4 Å². The molecule has 0 aromatic heterocycles. The number of nitrogens with one attached hydrogen (secondary N) is 1. The normalized spacial score (nSPS) is 9.29. The molecule has 1 aromatic rings. The Labute approximate surface area is 86.8 Å². The molecule has 4 nitrogen and oxygen atoms in total. The van der Waals surface area contributed by atoms with Gasteiger partial charge in [-0.1, -0.05) is 24.9 Å². The van der Waals surface area contributed by atoms with Crippen molar-refractivity contribution in [3.8, 4) is 0 Å². The van der Waals surface area contributed by atoms with Crippen LogP contribution in [0, 0.1) is 0 Å². The molecule has 0 spiro atoms. The summed E-state index contributed by atoms with van der Waals surface area (Å²) in [5.74, 6) is -0.980. The van der Waals surface area contributed by atoms with Crippen LogP contribution in [0.1, 0.15) is 20.7 Å². The quantitative estimate of drug-likeness (QED) is 0.568. The Morgan fingerprint density at radius 2 is 1.86 bits per heavy atom. The molecule has 14 heavy (non-hydrogen) atoms. The van der Waals surface area contributed by atoms with E-state index >= 15 is 0 Å². The van der Waals surface area contributed by atoms with Crippen molar-refractivity contribution in [1.82, 2.24) is 4.72 Å². The lowest BCUT2D eigenvalue weighted by atomic mass is 10.1. The van der Waals surface area contributed by atoms with Gasteiger partial charge >= 0.3 is 5.97 Å². The average Bonchev–Trinajstić information content (AvgIpc) is 2.27. The lowest BCUT2D eigenvalue weighted by Crippen LogP contribution is -2.17. The number of ether oxygens (including phenoxy) is 1. The molecule has 0 atom stereocenters. The van der Waals surface area contributed by atoms with Crippen LogP contribution in [0.2, 0.25) is 0 Å². The third-order valence-electron chi connectivity index (χ3n) is 1.68. The summed E-state index contributed by atoms with van der Waals surface area (Å²) in [6.07, 6.45) is 0. The van der Waals surface area contributed by atoms with Gasteiger partial charge in [0.25, 0.3) is 5.91 Å². The second-order valence-electron chi connectivity index (χ2n) is 2.48. The number of thiol groups is 1. The van der Waals surface area contributed by atoms with Crippen molar-refractivity contribution in [1.29, 1.82) is 0 Å². The summed E-state index contributed by atoms with van der Waals surface area (Å²) in [5, 5.41) is 0. The van der Waals surface area contributed by atoms with Gasteiger partial charge in [0.2, 0.25) is 0 Å². The van der Waals surface area contributed by atoms with E-state index in [1.165, 1.54) is 19.2 Å². The van der Waals surface area contributed by atoms with E-state index in [2.05, 4.69) is 22.3 Å². The largest absolute Gasteiger partial charge is 0.465 e. The SMILES string of the molecule is COC(=O)c1ccccc1C(=O)NS. The molecule has 1 rings (SSSR count). The van der Waals surface area contributed by atoms with Gasteiger partial charge in [0, 0.05) is 0 Å². The van der Waals surface area contributed by atoms with Crippen molar-refractivity contribution in [2.75, 3.05) is 7.11 Å². The highest BCUT2D eigenvalue weighted by atomic mass is 32.1. The van der Waals surface area contributed by atoms with E-state index < -0.39 is 11.9 Å². The average molecular weight is 211 g/mol. The summed E-state index contributed by atoms with van der Waals surface area (Å²) in [4.78, 5) is 22.5. The number of hydrogen-bond donors (Lipinski definition) is 2. The molecule has 0 heterocycles. The van der Waals surface area contributed by atoms with Crippen LogP contribution in [-0.4, -0.2) is 19.0 Å². The second-order valence-corrected chi connectivity index (χ2v) is 2.70. The summed E-state index contributed by atoms with van der Waals surface area (Å²) in [7, 11) is 1.26. The van der Waals surface area contributed by atoms with E-state index in [1.54, 1.807) is 12.1 Å². The summed E-state index contributed by atoms with van der Waals surface area (Å²) >= 11 is 3.62. The molecule has 0 unspecified atom stereocenters.